The molecule has 5 unspecified atom stereocenters. The number of benzene rings is 2. The van der Waals surface area contributed by atoms with Gasteiger partial charge < -0.3 is 28.9 Å². The van der Waals surface area contributed by atoms with Gasteiger partial charge in [-0.1, -0.05) is 55.8 Å². The van der Waals surface area contributed by atoms with Gasteiger partial charge in [-0.25, -0.2) is 18.2 Å². The summed E-state index contributed by atoms with van der Waals surface area (Å²) in [7, 11) is -16.0. The Morgan fingerprint density at radius 2 is 1.67 bits per heavy atom. The molecule has 0 spiro atoms. The summed E-state index contributed by atoms with van der Waals surface area (Å²) in [6, 6.07) is 11.9. The van der Waals surface area contributed by atoms with Crippen molar-refractivity contribution < 1.29 is 55.7 Å². The zero-order valence-corrected chi connectivity index (χ0v) is 28.4. The van der Waals surface area contributed by atoms with Crippen LogP contribution in [0.2, 0.25) is 0 Å². The standard InChI is InChI=1S/C25H30IN2O14P3/c1-2-3-11-20-39-21-19(38-24(22(21)40-20)28-12-18(26)23(29)27-25(28)30)13-37-44(33,34)42-45(35,36)41-43(31,32)14-16-9-6-8-15-7-4-5-10-17(15)16/h4-10,12,19-22,24H,2-3,11,13-14H2,1H3,(H,31,32)(H,33,34)(H,35,36)(H,27,29,30)/t19-,20?,21?,22+,24-/m1/s1. The fourth-order valence-corrected chi connectivity index (χ4v) is 9.70. The smallest absolute Gasteiger partial charge is 0.346 e. The largest absolute Gasteiger partial charge is 0.488 e. The molecule has 246 valence electrons. The maximum absolute atomic E-state index is 12.8. The molecule has 0 saturated carbocycles. The molecule has 1 aromatic heterocycles. The first-order valence-corrected chi connectivity index (χ1v) is 19.5. The number of H-pyrrole nitrogens is 1. The molecule has 0 aliphatic carbocycles. The van der Waals surface area contributed by atoms with E-state index in [0.29, 0.717) is 17.4 Å². The molecule has 2 fully saturated rings. The average Bonchev–Trinajstić information content (AvgIpc) is 3.51. The SMILES string of the molecule is CCCCC1OC2[C@@H](COP(=O)(O)OP(=O)(O)OP(=O)(O)Cc3cccc4ccccc34)O[C@@H](n3cc(I)c(=O)[nH]c3=O)[C@H]2O1. The third-order valence-electron chi connectivity index (χ3n) is 6.98. The minimum absolute atomic E-state index is 0.182. The fourth-order valence-electron chi connectivity index (χ4n) is 5.09. The normalized spacial score (nSPS) is 27.1. The first kappa shape index (κ1) is 34.8. The summed E-state index contributed by atoms with van der Waals surface area (Å²) < 4.78 is 70.8. The van der Waals surface area contributed by atoms with Crippen molar-refractivity contribution in [3.05, 3.63) is 78.6 Å². The molecule has 2 aliphatic rings. The van der Waals surface area contributed by atoms with Crippen LogP contribution in [0.5, 0.6) is 0 Å². The van der Waals surface area contributed by atoms with E-state index in [2.05, 4.69) is 13.6 Å². The van der Waals surface area contributed by atoms with Crippen LogP contribution in [0.3, 0.4) is 0 Å². The van der Waals surface area contributed by atoms with Gasteiger partial charge in [0.25, 0.3) is 5.56 Å². The highest BCUT2D eigenvalue weighted by Crippen LogP contribution is 2.68. The predicted octanol–water partition coefficient (Wildman–Crippen LogP) is 4.13. The average molecular weight is 802 g/mol. The maximum Gasteiger partial charge on any atom is 0.488 e. The van der Waals surface area contributed by atoms with E-state index in [9.17, 15) is 38.0 Å². The maximum atomic E-state index is 12.8. The van der Waals surface area contributed by atoms with Gasteiger partial charge in [0.05, 0.1) is 16.3 Å². The van der Waals surface area contributed by atoms with Gasteiger partial charge in [0.15, 0.2) is 12.5 Å². The number of nitrogens with one attached hydrogen (secondary N) is 1. The Labute approximate surface area is 269 Å². The Balaban J connectivity index is 1.26. The van der Waals surface area contributed by atoms with Crippen LogP contribution in [-0.4, -0.2) is 55.4 Å². The number of aromatic amines is 1. The predicted molar refractivity (Wildman–Crippen MR) is 166 cm³/mol. The van der Waals surface area contributed by atoms with Crippen LogP contribution in [0.1, 0.15) is 38.0 Å². The van der Waals surface area contributed by atoms with Crippen molar-refractivity contribution in [2.75, 3.05) is 6.61 Å². The van der Waals surface area contributed by atoms with Gasteiger partial charge >= 0.3 is 28.9 Å². The molecular formula is C25H30IN2O14P3. The van der Waals surface area contributed by atoms with E-state index in [-0.39, 0.29) is 3.57 Å². The molecule has 3 aromatic rings. The minimum atomic E-state index is -5.64. The number of fused-ring (bicyclic) bond motifs is 2. The summed E-state index contributed by atoms with van der Waals surface area (Å²) in [5.41, 5.74) is -1.07. The Bertz CT molecular complexity index is 1810. The highest BCUT2D eigenvalue weighted by molar-refractivity contribution is 14.1. The van der Waals surface area contributed by atoms with E-state index in [1.54, 1.807) is 59.0 Å². The molecule has 16 nitrogen and oxygen atoms in total. The minimum Gasteiger partial charge on any atom is -0.346 e. The summed E-state index contributed by atoms with van der Waals surface area (Å²) in [5.74, 6) is 0. The number of phosphoric acid groups is 2. The van der Waals surface area contributed by atoms with Crippen molar-refractivity contribution in [3.8, 4) is 0 Å². The van der Waals surface area contributed by atoms with Gasteiger partial charge in [0.2, 0.25) is 0 Å². The monoisotopic (exact) mass is 802 g/mol. The molecule has 5 rings (SSSR count). The number of nitrogens with zero attached hydrogens (tertiary/aromatic N) is 1. The molecule has 45 heavy (non-hydrogen) atoms. The number of rotatable bonds is 13. The van der Waals surface area contributed by atoms with E-state index in [4.69, 9.17) is 18.7 Å². The highest BCUT2D eigenvalue weighted by Gasteiger charge is 2.54. The quantitative estimate of drug-likeness (QED) is 0.141. The first-order valence-electron chi connectivity index (χ1n) is 13.7. The summed E-state index contributed by atoms with van der Waals surface area (Å²) in [6.45, 7) is 1.22. The third kappa shape index (κ3) is 8.49. The van der Waals surface area contributed by atoms with Crippen molar-refractivity contribution in [2.45, 2.75) is 63.2 Å². The van der Waals surface area contributed by atoms with Crippen molar-refractivity contribution in [1.82, 2.24) is 9.55 Å². The zero-order valence-electron chi connectivity index (χ0n) is 23.5. The summed E-state index contributed by atoms with van der Waals surface area (Å²) in [6.07, 6.45) is -2.09. The molecule has 0 bridgehead atoms. The van der Waals surface area contributed by atoms with E-state index >= 15 is 0 Å². The lowest BCUT2D eigenvalue weighted by Crippen LogP contribution is -2.37. The second kappa shape index (κ2) is 13.9. The van der Waals surface area contributed by atoms with Gasteiger partial charge in [-0.3, -0.25) is 23.4 Å². The Morgan fingerprint density at radius 3 is 2.42 bits per heavy atom. The van der Waals surface area contributed by atoms with Crippen LogP contribution < -0.4 is 11.2 Å². The number of aromatic nitrogens is 2. The van der Waals surface area contributed by atoms with Gasteiger partial charge in [-0.2, -0.15) is 4.31 Å². The number of hydrogen-bond donors (Lipinski definition) is 4. The number of ether oxygens (including phenoxy) is 3. The molecule has 3 heterocycles. The van der Waals surface area contributed by atoms with Crippen LogP contribution in [-0.2, 0) is 47.2 Å². The number of phosphoric ester groups is 1. The van der Waals surface area contributed by atoms with Gasteiger partial charge in [-0.05, 0) is 51.8 Å². The summed E-state index contributed by atoms with van der Waals surface area (Å²) >= 11 is 1.74. The van der Waals surface area contributed by atoms with Crippen LogP contribution in [0, 0.1) is 3.57 Å². The van der Waals surface area contributed by atoms with E-state index in [1.807, 2.05) is 6.92 Å². The Hall–Kier alpha value is -1.56. The van der Waals surface area contributed by atoms with Crippen LogP contribution in [0.25, 0.3) is 10.8 Å². The highest BCUT2D eigenvalue weighted by atomic mass is 127. The Kier molecular flexibility index (Phi) is 10.7. The lowest BCUT2D eigenvalue weighted by molar-refractivity contribution is -0.153. The number of hydrogen-bond acceptors (Lipinski definition) is 11. The molecule has 20 heteroatoms. The lowest BCUT2D eigenvalue weighted by atomic mass is 10.1. The molecule has 0 amide bonds. The number of halogens is 1. The second-order valence-electron chi connectivity index (χ2n) is 10.3. The first-order chi connectivity index (χ1) is 21.2. The van der Waals surface area contributed by atoms with Gasteiger partial charge in [-0.15, -0.1) is 0 Å². The van der Waals surface area contributed by atoms with Crippen molar-refractivity contribution >= 4 is 56.6 Å². The molecule has 2 aromatic carbocycles. The van der Waals surface area contributed by atoms with E-state index in [0.717, 1.165) is 22.8 Å². The van der Waals surface area contributed by atoms with Crippen LogP contribution in [0.4, 0.5) is 0 Å². The molecule has 8 atom stereocenters. The van der Waals surface area contributed by atoms with Gasteiger partial charge in [0.1, 0.15) is 18.3 Å². The van der Waals surface area contributed by atoms with Gasteiger partial charge in [0, 0.05) is 6.20 Å². The van der Waals surface area contributed by atoms with Crippen molar-refractivity contribution in [3.63, 3.8) is 0 Å². The summed E-state index contributed by atoms with van der Waals surface area (Å²) in [5, 5.41) is 1.35. The molecule has 2 aliphatic heterocycles. The summed E-state index contributed by atoms with van der Waals surface area (Å²) in [4.78, 5) is 57.3. The van der Waals surface area contributed by atoms with Crippen LogP contribution >= 0.6 is 45.8 Å². The molecule has 0 radical (unpaired) electrons. The van der Waals surface area contributed by atoms with E-state index in [1.165, 1.54) is 12.3 Å². The molecular weight excluding hydrogens is 772 g/mol. The Morgan fingerprint density at radius 1 is 0.956 bits per heavy atom. The topological polar surface area (TPSA) is 222 Å². The van der Waals surface area contributed by atoms with Crippen molar-refractivity contribution in [1.29, 1.82) is 0 Å². The fraction of sp³-hybridized carbons (Fsp3) is 0.440. The molecule has 4 N–H and O–H groups in total. The second-order valence-corrected chi connectivity index (χ2v) is 16.5. The molecule has 2 saturated heterocycles. The zero-order chi connectivity index (χ0) is 32.6. The number of unbranched alkanes of at least 4 members (excludes halogenated alkanes) is 1. The van der Waals surface area contributed by atoms with E-state index < -0.39 is 78.1 Å². The lowest BCUT2D eigenvalue weighted by Gasteiger charge is -2.22. The van der Waals surface area contributed by atoms with Crippen LogP contribution in [0.15, 0.2) is 58.3 Å². The van der Waals surface area contributed by atoms with Crippen molar-refractivity contribution in [2.24, 2.45) is 0 Å². The third-order valence-corrected chi connectivity index (χ3v) is 12.5.